The summed E-state index contributed by atoms with van der Waals surface area (Å²) in [6, 6.07) is 9.73. The van der Waals surface area contributed by atoms with E-state index in [0.29, 0.717) is 0 Å². The van der Waals surface area contributed by atoms with Crippen LogP contribution in [0.15, 0.2) is 30.3 Å². The summed E-state index contributed by atoms with van der Waals surface area (Å²) < 4.78 is 0. The summed E-state index contributed by atoms with van der Waals surface area (Å²) in [6.45, 7) is 7.21. The van der Waals surface area contributed by atoms with Crippen molar-refractivity contribution < 1.29 is 4.79 Å². The maximum absolute atomic E-state index is 12.4. The Morgan fingerprint density at radius 2 is 1.71 bits per heavy atom. The number of benzene rings is 1. The van der Waals surface area contributed by atoms with Crippen molar-refractivity contribution in [3.05, 3.63) is 35.9 Å². The van der Waals surface area contributed by atoms with Crippen molar-refractivity contribution in [3.63, 3.8) is 0 Å². The lowest BCUT2D eigenvalue weighted by atomic mass is 9.94. The first kappa shape index (κ1) is 23.2. The Hall–Kier alpha value is -0.810. The predicted octanol–water partition coefficient (Wildman–Crippen LogP) is 3.16. The second kappa shape index (κ2) is 11.7. The summed E-state index contributed by atoms with van der Waals surface area (Å²) in [4.78, 5) is 14.8. The van der Waals surface area contributed by atoms with Crippen molar-refractivity contribution in [2.24, 2.45) is 11.7 Å². The molecule has 1 fully saturated rings. The van der Waals surface area contributed by atoms with Crippen molar-refractivity contribution in [1.82, 2.24) is 10.2 Å². The zero-order valence-electron chi connectivity index (χ0n) is 14.6. The Morgan fingerprint density at radius 3 is 2.29 bits per heavy atom. The summed E-state index contributed by atoms with van der Waals surface area (Å²) >= 11 is 0. The minimum Gasteiger partial charge on any atom is -0.352 e. The summed E-state index contributed by atoms with van der Waals surface area (Å²) in [5.41, 5.74) is 7.24. The molecule has 1 heterocycles. The van der Waals surface area contributed by atoms with Gasteiger partial charge in [0.25, 0.3) is 0 Å². The van der Waals surface area contributed by atoms with Gasteiger partial charge >= 0.3 is 0 Å². The van der Waals surface area contributed by atoms with Gasteiger partial charge in [0.05, 0.1) is 5.92 Å². The van der Waals surface area contributed by atoms with Gasteiger partial charge in [-0.25, -0.2) is 0 Å². The summed E-state index contributed by atoms with van der Waals surface area (Å²) in [6.07, 6.45) is 3.88. The van der Waals surface area contributed by atoms with Gasteiger partial charge in [-0.3, -0.25) is 4.79 Å². The van der Waals surface area contributed by atoms with Crippen molar-refractivity contribution in [2.75, 3.05) is 19.6 Å². The minimum atomic E-state index is -0.261. The van der Waals surface area contributed by atoms with Crippen molar-refractivity contribution in [1.29, 1.82) is 0 Å². The van der Waals surface area contributed by atoms with Gasteiger partial charge < -0.3 is 16.0 Å². The number of amides is 1. The number of nitrogens with zero attached hydrogens (tertiary/aromatic N) is 1. The molecule has 0 aliphatic carbocycles. The van der Waals surface area contributed by atoms with E-state index in [9.17, 15) is 4.79 Å². The largest absolute Gasteiger partial charge is 0.352 e. The van der Waals surface area contributed by atoms with Crippen LogP contribution in [-0.4, -0.2) is 36.5 Å². The lowest BCUT2D eigenvalue weighted by molar-refractivity contribution is -0.125. The SMILES string of the molecule is CC(CN1CCCCC1)NC(=O)C(C)C(N)c1ccccc1.Cl.Cl. The molecular formula is C18H31Cl2N3O. The molecule has 24 heavy (non-hydrogen) atoms. The van der Waals surface area contributed by atoms with Gasteiger partial charge in [-0.15, -0.1) is 24.8 Å². The average molecular weight is 376 g/mol. The van der Waals surface area contributed by atoms with Crippen LogP contribution < -0.4 is 11.1 Å². The maximum Gasteiger partial charge on any atom is 0.224 e. The Morgan fingerprint density at radius 1 is 1.12 bits per heavy atom. The normalized spacial score (nSPS) is 18.5. The van der Waals surface area contributed by atoms with Crippen LogP contribution in [0.25, 0.3) is 0 Å². The van der Waals surface area contributed by atoms with Crippen molar-refractivity contribution in [3.8, 4) is 0 Å². The van der Waals surface area contributed by atoms with Gasteiger partial charge in [0.2, 0.25) is 5.91 Å². The van der Waals surface area contributed by atoms with E-state index in [0.717, 1.165) is 25.2 Å². The molecule has 1 saturated heterocycles. The van der Waals surface area contributed by atoms with E-state index in [2.05, 4.69) is 17.1 Å². The quantitative estimate of drug-likeness (QED) is 0.802. The topological polar surface area (TPSA) is 58.4 Å². The van der Waals surface area contributed by atoms with Crippen LogP contribution in [0.2, 0.25) is 0 Å². The van der Waals surface area contributed by atoms with Crippen LogP contribution in [-0.2, 0) is 4.79 Å². The van der Waals surface area contributed by atoms with Gasteiger partial charge in [-0.1, -0.05) is 43.7 Å². The van der Waals surface area contributed by atoms with Crippen LogP contribution in [0.3, 0.4) is 0 Å². The third-order valence-corrected chi connectivity index (χ3v) is 4.51. The highest BCUT2D eigenvalue weighted by Gasteiger charge is 2.24. The Labute approximate surface area is 158 Å². The number of hydrogen-bond acceptors (Lipinski definition) is 3. The van der Waals surface area contributed by atoms with E-state index in [1.165, 1.54) is 19.3 Å². The molecule has 4 nitrogen and oxygen atoms in total. The summed E-state index contributed by atoms with van der Waals surface area (Å²) in [7, 11) is 0. The summed E-state index contributed by atoms with van der Waals surface area (Å²) in [5.74, 6) is -0.188. The number of hydrogen-bond donors (Lipinski definition) is 2. The van der Waals surface area contributed by atoms with E-state index in [1.54, 1.807) is 0 Å². The number of nitrogens with one attached hydrogen (secondary N) is 1. The van der Waals surface area contributed by atoms with Crippen molar-refractivity contribution in [2.45, 2.75) is 45.2 Å². The highest BCUT2D eigenvalue weighted by molar-refractivity contribution is 5.85. The van der Waals surface area contributed by atoms with Crippen LogP contribution in [0, 0.1) is 5.92 Å². The number of halogens is 2. The number of likely N-dealkylation sites (tertiary alicyclic amines) is 1. The summed E-state index contributed by atoms with van der Waals surface area (Å²) in [5, 5.41) is 3.12. The fourth-order valence-corrected chi connectivity index (χ4v) is 3.08. The van der Waals surface area contributed by atoms with E-state index < -0.39 is 0 Å². The van der Waals surface area contributed by atoms with Crippen LogP contribution in [0.5, 0.6) is 0 Å². The van der Waals surface area contributed by atoms with Gasteiger partial charge in [-0.05, 0) is 38.4 Å². The number of nitrogens with two attached hydrogens (primary N) is 1. The second-order valence-electron chi connectivity index (χ2n) is 6.50. The Bertz CT molecular complexity index is 467. The number of carbonyl (C=O) groups excluding carboxylic acids is 1. The fourth-order valence-electron chi connectivity index (χ4n) is 3.08. The molecule has 3 unspecified atom stereocenters. The van der Waals surface area contributed by atoms with E-state index in [4.69, 9.17) is 5.73 Å². The van der Waals surface area contributed by atoms with Gasteiger partial charge in [0.15, 0.2) is 0 Å². The monoisotopic (exact) mass is 375 g/mol. The van der Waals surface area contributed by atoms with Gasteiger partial charge in [0, 0.05) is 18.6 Å². The zero-order chi connectivity index (χ0) is 15.9. The van der Waals surface area contributed by atoms with Crippen LogP contribution in [0.4, 0.5) is 0 Å². The molecule has 1 aliphatic rings. The van der Waals surface area contributed by atoms with Crippen LogP contribution >= 0.6 is 24.8 Å². The molecule has 0 spiro atoms. The molecule has 0 saturated carbocycles. The molecule has 0 bridgehead atoms. The fraction of sp³-hybridized carbons (Fsp3) is 0.611. The maximum atomic E-state index is 12.4. The molecule has 3 atom stereocenters. The molecule has 0 aromatic heterocycles. The lowest BCUT2D eigenvalue weighted by Crippen LogP contribution is -2.46. The highest BCUT2D eigenvalue weighted by atomic mass is 35.5. The third-order valence-electron chi connectivity index (χ3n) is 4.51. The molecule has 138 valence electrons. The molecule has 2 rings (SSSR count). The first-order valence-electron chi connectivity index (χ1n) is 8.41. The Balaban J connectivity index is 0.00000264. The lowest BCUT2D eigenvalue weighted by Gasteiger charge is -2.30. The molecule has 1 aromatic carbocycles. The number of piperidine rings is 1. The first-order valence-corrected chi connectivity index (χ1v) is 8.41. The first-order chi connectivity index (χ1) is 10.6. The molecule has 1 amide bonds. The highest BCUT2D eigenvalue weighted by Crippen LogP contribution is 2.19. The number of rotatable bonds is 6. The molecule has 0 radical (unpaired) electrons. The zero-order valence-corrected chi connectivity index (χ0v) is 16.2. The predicted molar refractivity (Wildman–Crippen MR) is 105 cm³/mol. The van der Waals surface area contributed by atoms with E-state index in [-0.39, 0.29) is 48.7 Å². The van der Waals surface area contributed by atoms with Gasteiger partial charge in [-0.2, -0.15) is 0 Å². The van der Waals surface area contributed by atoms with Crippen molar-refractivity contribution >= 4 is 30.7 Å². The smallest absolute Gasteiger partial charge is 0.224 e. The minimum absolute atomic E-state index is 0. The molecular weight excluding hydrogens is 345 g/mol. The Kier molecular flexibility index (Phi) is 11.3. The molecule has 3 N–H and O–H groups in total. The van der Waals surface area contributed by atoms with E-state index in [1.807, 2.05) is 37.3 Å². The standard InChI is InChI=1S/C18H29N3O.2ClH/c1-14(13-21-11-7-4-8-12-21)20-18(22)15(2)17(19)16-9-5-3-6-10-16;;/h3,5-6,9-10,14-15,17H,4,7-8,11-13,19H2,1-2H3,(H,20,22);2*1H. The van der Waals surface area contributed by atoms with E-state index >= 15 is 0 Å². The molecule has 1 aromatic rings. The van der Waals surface area contributed by atoms with Gasteiger partial charge in [0.1, 0.15) is 0 Å². The van der Waals surface area contributed by atoms with Crippen LogP contribution in [0.1, 0.15) is 44.7 Å². The molecule has 1 aliphatic heterocycles. The average Bonchev–Trinajstić information content (AvgIpc) is 2.55. The number of carbonyl (C=O) groups is 1. The molecule has 6 heteroatoms. The second-order valence-corrected chi connectivity index (χ2v) is 6.50. The third kappa shape index (κ3) is 6.98.